The van der Waals surface area contributed by atoms with E-state index in [1.54, 1.807) is 0 Å². The first-order valence-corrected chi connectivity index (χ1v) is 12.5. The second-order valence-electron chi connectivity index (χ2n) is 9.82. The Kier molecular flexibility index (Phi) is 7.63. The third-order valence-electron chi connectivity index (χ3n) is 7.78. The van der Waals surface area contributed by atoms with Crippen LogP contribution in [0.3, 0.4) is 0 Å². The summed E-state index contributed by atoms with van der Waals surface area (Å²) in [5.41, 5.74) is 2.74. The van der Waals surface area contributed by atoms with Gasteiger partial charge < -0.3 is 4.74 Å². The summed E-state index contributed by atoms with van der Waals surface area (Å²) in [5.74, 6) is 3.25. The number of nitriles is 1. The number of hydrogen-bond donors (Lipinski definition) is 0. The van der Waals surface area contributed by atoms with E-state index in [2.05, 4.69) is 13.0 Å². The van der Waals surface area contributed by atoms with Crippen molar-refractivity contribution < 1.29 is 9.53 Å². The number of nitrogens with zero attached hydrogens (tertiary/aromatic N) is 1. The van der Waals surface area contributed by atoms with E-state index in [0.717, 1.165) is 41.7 Å². The fourth-order valence-corrected chi connectivity index (χ4v) is 5.83. The molecular weight excluding hydrogens is 394 g/mol. The van der Waals surface area contributed by atoms with Gasteiger partial charge in [0.25, 0.3) is 0 Å². The maximum Gasteiger partial charge on any atom is 0.314 e. The molecule has 0 spiro atoms. The van der Waals surface area contributed by atoms with Gasteiger partial charge in [-0.1, -0.05) is 56.9 Å². The number of ether oxygens (including phenoxy) is 1. The van der Waals surface area contributed by atoms with Crippen molar-refractivity contribution in [2.75, 3.05) is 0 Å². The van der Waals surface area contributed by atoms with E-state index < -0.39 is 0 Å². The van der Waals surface area contributed by atoms with Crippen LogP contribution in [0.4, 0.5) is 0 Å². The average molecular weight is 430 g/mol. The van der Waals surface area contributed by atoms with Gasteiger partial charge in [0, 0.05) is 0 Å². The number of hydrogen-bond acceptors (Lipinski definition) is 3. The molecule has 2 aromatic carbocycles. The molecule has 4 rings (SSSR count). The Morgan fingerprint density at radius 1 is 0.844 bits per heavy atom. The third kappa shape index (κ3) is 5.60. The maximum atomic E-state index is 12.7. The van der Waals surface area contributed by atoms with Crippen molar-refractivity contribution in [3.63, 3.8) is 0 Å². The largest absolute Gasteiger partial charge is 0.426 e. The first-order chi connectivity index (χ1) is 15.7. The molecule has 0 amide bonds. The fraction of sp³-hybridized carbons (Fsp3) is 0.517. The SMILES string of the molecule is CCCC1CCC(C2CCC(C(=O)Oc3ccc(-c4ccc(C#N)cc4)cc3)CC2)CC1. The lowest BCUT2D eigenvalue weighted by molar-refractivity contribution is -0.140. The zero-order valence-corrected chi connectivity index (χ0v) is 19.3. The standard InChI is InChI=1S/C29H35NO2/c1-2-3-21-4-8-23(9-5-21)25-12-14-27(15-13-25)29(31)32-28-18-16-26(17-19-28)24-10-6-22(20-30)7-11-24/h6-7,10-11,16-19,21,23,25,27H,2-5,8-9,12-15H2,1H3. The molecule has 0 bridgehead atoms. The Labute approximate surface area is 192 Å². The minimum Gasteiger partial charge on any atom is -0.426 e. The highest BCUT2D eigenvalue weighted by atomic mass is 16.5. The molecule has 2 aliphatic rings. The highest BCUT2D eigenvalue weighted by Gasteiger charge is 2.33. The van der Waals surface area contributed by atoms with Crippen LogP contribution < -0.4 is 4.74 Å². The van der Waals surface area contributed by atoms with Crippen LogP contribution in [0.5, 0.6) is 5.75 Å². The predicted molar refractivity (Wildman–Crippen MR) is 128 cm³/mol. The van der Waals surface area contributed by atoms with Gasteiger partial charge in [0.1, 0.15) is 5.75 Å². The van der Waals surface area contributed by atoms with Crippen molar-refractivity contribution in [3.05, 3.63) is 54.1 Å². The zero-order valence-electron chi connectivity index (χ0n) is 19.3. The van der Waals surface area contributed by atoms with Crippen LogP contribution in [0.25, 0.3) is 11.1 Å². The van der Waals surface area contributed by atoms with E-state index in [1.807, 2.05) is 48.5 Å². The van der Waals surface area contributed by atoms with Gasteiger partial charge in [0.15, 0.2) is 0 Å². The van der Waals surface area contributed by atoms with Crippen molar-refractivity contribution in [1.29, 1.82) is 5.26 Å². The molecule has 0 heterocycles. The molecule has 2 aliphatic carbocycles. The van der Waals surface area contributed by atoms with Gasteiger partial charge in [-0.15, -0.1) is 0 Å². The first kappa shape index (κ1) is 22.6. The highest BCUT2D eigenvalue weighted by Crippen LogP contribution is 2.42. The smallest absolute Gasteiger partial charge is 0.314 e. The molecule has 0 aromatic heterocycles. The van der Waals surface area contributed by atoms with E-state index in [0.29, 0.717) is 11.3 Å². The zero-order chi connectivity index (χ0) is 22.3. The van der Waals surface area contributed by atoms with Crippen molar-refractivity contribution in [2.24, 2.45) is 23.7 Å². The summed E-state index contributed by atoms with van der Waals surface area (Å²) >= 11 is 0. The Balaban J connectivity index is 1.25. The van der Waals surface area contributed by atoms with E-state index in [-0.39, 0.29) is 11.9 Å². The number of benzene rings is 2. The number of esters is 1. The molecule has 2 saturated carbocycles. The van der Waals surface area contributed by atoms with Gasteiger partial charge >= 0.3 is 5.97 Å². The molecule has 0 unspecified atom stereocenters. The van der Waals surface area contributed by atoms with Gasteiger partial charge in [0.2, 0.25) is 0 Å². The summed E-state index contributed by atoms with van der Waals surface area (Å²) in [4.78, 5) is 12.7. The van der Waals surface area contributed by atoms with Crippen LogP contribution in [0.2, 0.25) is 0 Å². The number of carbonyl (C=O) groups excluding carboxylic acids is 1. The number of carbonyl (C=O) groups is 1. The average Bonchev–Trinajstić information content (AvgIpc) is 2.85. The van der Waals surface area contributed by atoms with Gasteiger partial charge in [-0.25, -0.2) is 0 Å². The molecule has 0 atom stereocenters. The minimum absolute atomic E-state index is 0.0425. The monoisotopic (exact) mass is 429 g/mol. The van der Waals surface area contributed by atoms with Crippen molar-refractivity contribution >= 4 is 5.97 Å². The Morgan fingerprint density at radius 3 is 1.91 bits per heavy atom. The van der Waals surface area contributed by atoms with Crippen molar-refractivity contribution in [2.45, 2.75) is 71.1 Å². The molecule has 0 N–H and O–H groups in total. The second-order valence-corrected chi connectivity index (χ2v) is 9.82. The second kappa shape index (κ2) is 10.8. The van der Waals surface area contributed by atoms with Crippen LogP contribution in [0.1, 0.15) is 76.7 Å². The lowest BCUT2D eigenvalue weighted by Gasteiger charge is -2.37. The topological polar surface area (TPSA) is 50.1 Å². The Hall–Kier alpha value is -2.60. The molecule has 2 fully saturated rings. The van der Waals surface area contributed by atoms with E-state index >= 15 is 0 Å². The normalized spacial score (nSPS) is 25.6. The van der Waals surface area contributed by atoms with Gasteiger partial charge in [0.05, 0.1) is 17.6 Å². The minimum atomic E-state index is -0.0683. The molecule has 168 valence electrons. The van der Waals surface area contributed by atoms with Crippen molar-refractivity contribution in [1.82, 2.24) is 0 Å². The molecule has 3 nitrogen and oxygen atoms in total. The molecule has 32 heavy (non-hydrogen) atoms. The summed E-state index contributed by atoms with van der Waals surface area (Å²) in [5, 5.41) is 8.94. The van der Waals surface area contributed by atoms with Gasteiger partial charge in [-0.05, 0) is 91.7 Å². The quantitative estimate of drug-likeness (QED) is 0.352. The molecule has 0 saturated heterocycles. The van der Waals surface area contributed by atoms with Crippen LogP contribution >= 0.6 is 0 Å². The van der Waals surface area contributed by atoms with Crippen LogP contribution in [-0.4, -0.2) is 5.97 Å². The molecule has 2 aromatic rings. The van der Waals surface area contributed by atoms with E-state index in [9.17, 15) is 4.79 Å². The fourth-order valence-electron chi connectivity index (χ4n) is 5.83. The van der Waals surface area contributed by atoms with Gasteiger partial charge in [-0.3, -0.25) is 4.79 Å². The Morgan fingerprint density at radius 2 is 1.38 bits per heavy atom. The molecular formula is C29H35NO2. The lowest BCUT2D eigenvalue weighted by atomic mass is 9.69. The highest BCUT2D eigenvalue weighted by molar-refractivity contribution is 5.75. The lowest BCUT2D eigenvalue weighted by Crippen LogP contribution is -2.30. The molecule has 0 radical (unpaired) electrons. The first-order valence-electron chi connectivity index (χ1n) is 12.5. The van der Waals surface area contributed by atoms with Crippen LogP contribution in [0.15, 0.2) is 48.5 Å². The molecule has 0 aliphatic heterocycles. The van der Waals surface area contributed by atoms with E-state index in [4.69, 9.17) is 10.00 Å². The van der Waals surface area contributed by atoms with Crippen LogP contribution in [-0.2, 0) is 4.79 Å². The van der Waals surface area contributed by atoms with Crippen LogP contribution in [0, 0.1) is 35.0 Å². The van der Waals surface area contributed by atoms with Gasteiger partial charge in [-0.2, -0.15) is 5.26 Å². The maximum absolute atomic E-state index is 12.7. The summed E-state index contributed by atoms with van der Waals surface area (Å²) in [6.07, 6.45) is 12.7. The number of rotatable bonds is 6. The summed E-state index contributed by atoms with van der Waals surface area (Å²) in [6, 6.07) is 17.3. The summed E-state index contributed by atoms with van der Waals surface area (Å²) in [7, 11) is 0. The summed E-state index contributed by atoms with van der Waals surface area (Å²) in [6.45, 7) is 2.30. The van der Waals surface area contributed by atoms with E-state index in [1.165, 1.54) is 51.4 Å². The summed E-state index contributed by atoms with van der Waals surface area (Å²) < 4.78 is 5.72. The van der Waals surface area contributed by atoms with Crippen molar-refractivity contribution in [3.8, 4) is 22.9 Å². The molecule has 3 heteroatoms. The predicted octanol–water partition coefficient (Wildman–Crippen LogP) is 7.54. The Bertz CT molecular complexity index is 909. The third-order valence-corrected chi connectivity index (χ3v) is 7.78.